The van der Waals surface area contributed by atoms with Crippen LogP contribution in [0.4, 0.5) is 0 Å². The Labute approximate surface area is 86.0 Å². The highest BCUT2D eigenvalue weighted by atomic mass is 32.1. The predicted molar refractivity (Wildman–Crippen MR) is 61.5 cm³/mol. The molecule has 0 heterocycles. The van der Waals surface area contributed by atoms with Gasteiger partial charge in [-0.25, -0.2) is 0 Å². The first-order chi connectivity index (χ1) is 6.22. The van der Waals surface area contributed by atoms with Crippen LogP contribution >= 0.6 is 12.6 Å². The van der Waals surface area contributed by atoms with E-state index in [9.17, 15) is 0 Å². The van der Waals surface area contributed by atoms with E-state index in [0.717, 1.165) is 18.8 Å². The van der Waals surface area contributed by atoms with Crippen LogP contribution in [0.1, 0.15) is 16.7 Å². The molecule has 0 radical (unpaired) electrons. The second-order valence-electron chi connectivity index (χ2n) is 3.40. The molecule has 0 spiro atoms. The molecule has 72 valence electrons. The van der Waals surface area contributed by atoms with E-state index in [1.807, 2.05) is 0 Å². The van der Waals surface area contributed by atoms with E-state index < -0.39 is 0 Å². The predicted octanol–water partition coefficient (Wildman–Crippen LogP) is 2.32. The number of benzene rings is 1. The second-order valence-corrected chi connectivity index (χ2v) is 3.72. The SMILES string of the molecule is Cc1cc(C)cc(CCNCS)c1. The molecule has 0 aliphatic heterocycles. The quantitative estimate of drug-likeness (QED) is 0.427. The summed E-state index contributed by atoms with van der Waals surface area (Å²) >= 11 is 4.10. The van der Waals surface area contributed by atoms with Crippen LogP contribution < -0.4 is 5.32 Å². The summed E-state index contributed by atoms with van der Waals surface area (Å²) in [5.41, 5.74) is 4.11. The van der Waals surface area contributed by atoms with Crippen molar-refractivity contribution in [3.63, 3.8) is 0 Å². The number of hydrogen-bond donors (Lipinski definition) is 2. The van der Waals surface area contributed by atoms with Crippen molar-refractivity contribution >= 4 is 12.6 Å². The van der Waals surface area contributed by atoms with Crippen LogP contribution in [-0.4, -0.2) is 12.4 Å². The van der Waals surface area contributed by atoms with Crippen molar-refractivity contribution < 1.29 is 0 Å². The van der Waals surface area contributed by atoms with Gasteiger partial charge >= 0.3 is 0 Å². The van der Waals surface area contributed by atoms with Crippen LogP contribution in [0.15, 0.2) is 18.2 Å². The molecular formula is C11H17NS. The highest BCUT2D eigenvalue weighted by Crippen LogP contribution is 2.08. The van der Waals surface area contributed by atoms with Gasteiger partial charge < -0.3 is 5.32 Å². The van der Waals surface area contributed by atoms with Crippen LogP contribution in [0.3, 0.4) is 0 Å². The summed E-state index contributed by atoms with van der Waals surface area (Å²) in [4.78, 5) is 0. The highest BCUT2D eigenvalue weighted by Gasteiger charge is 1.95. The summed E-state index contributed by atoms with van der Waals surface area (Å²) in [6.07, 6.45) is 1.09. The normalized spacial score (nSPS) is 10.4. The molecule has 0 aliphatic rings. The average molecular weight is 195 g/mol. The Hall–Kier alpha value is -0.470. The largest absolute Gasteiger partial charge is 0.308 e. The minimum atomic E-state index is 0.755. The van der Waals surface area contributed by atoms with Gasteiger partial charge in [0.05, 0.1) is 0 Å². The minimum absolute atomic E-state index is 0.755. The third-order valence-electron chi connectivity index (χ3n) is 1.98. The Morgan fingerprint density at radius 2 is 1.77 bits per heavy atom. The van der Waals surface area contributed by atoms with Gasteiger partial charge in [-0.05, 0) is 32.4 Å². The lowest BCUT2D eigenvalue weighted by molar-refractivity contribution is 0.775. The molecule has 1 nitrogen and oxygen atoms in total. The highest BCUT2D eigenvalue weighted by molar-refractivity contribution is 7.80. The number of rotatable bonds is 4. The molecule has 0 saturated carbocycles. The summed E-state index contributed by atoms with van der Waals surface area (Å²) in [5, 5.41) is 3.20. The van der Waals surface area contributed by atoms with Crippen molar-refractivity contribution in [3.8, 4) is 0 Å². The zero-order valence-corrected chi connectivity index (χ0v) is 9.20. The van der Waals surface area contributed by atoms with E-state index in [2.05, 4.69) is 50.0 Å². The Morgan fingerprint density at radius 1 is 1.15 bits per heavy atom. The first-order valence-corrected chi connectivity index (χ1v) is 5.24. The lowest BCUT2D eigenvalue weighted by Gasteiger charge is -2.04. The zero-order valence-electron chi connectivity index (χ0n) is 8.30. The maximum atomic E-state index is 4.10. The van der Waals surface area contributed by atoms with E-state index in [4.69, 9.17) is 0 Å². The minimum Gasteiger partial charge on any atom is -0.308 e. The fourth-order valence-electron chi connectivity index (χ4n) is 1.53. The van der Waals surface area contributed by atoms with Crippen LogP contribution in [0, 0.1) is 13.8 Å². The van der Waals surface area contributed by atoms with E-state index in [1.165, 1.54) is 16.7 Å². The third-order valence-corrected chi connectivity index (χ3v) is 2.21. The molecule has 0 aromatic heterocycles. The van der Waals surface area contributed by atoms with Crippen molar-refractivity contribution in [1.29, 1.82) is 0 Å². The van der Waals surface area contributed by atoms with Crippen LogP contribution in [0.2, 0.25) is 0 Å². The second kappa shape index (κ2) is 5.30. The van der Waals surface area contributed by atoms with Crippen LogP contribution in [0.5, 0.6) is 0 Å². The molecule has 0 atom stereocenters. The van der Waals surface area contributed by atoms with Gasteiger partial charge in [-0.15, -0.1) is 0 Å². The molecule has 0 saturated heterocycles. The van der Waals surface area contributed by atoms with Crippen molar-refractivity contribution in [1.82, 2.24) is 5.32 Å². The molecule has 2 heteroatoms. The number of hydrogen-bond acceptors (Lipinski definition) is 2. The molecule has 0 bridgehead atoms. The summed E-state index contributed by atoms with van der Waals surface area (Å²) < 4.78 is 0. The van der Waals surface area contributed by atoms with Gasteiger partial charge in [-0.3, -0.25) is 0 Å². The topological polar surface area (TPSA) is 12.0 Å². The first kappa shape index (κ1) is 10.6. The first-order valence-electron chi connectivity index (χ1n) is 4.61. The lowest BCUT2D eigenvalue weighted by Crippen LogP contribution is -2.14. The molecule has 13 heavy (non-hydrogen) atoms. The van der Waals surface area contributed by atoms with Crippen LogP contribution in [0.25, 0.3) is 0 Å². The Balaban J connectivity index is 2.56. The molecule has 1 aromatic rings. The maximum absolute atomic E-state index is 4.10. The molecule has 0 unspecified atom stereocenters. The van der Waals surface area contributed by atoms with Gasteiger partial charge in [0.15, 0.2) is 0 Å². The van der Waals surface area contributed by atoms with Crippen molar-refractivity contribution in [3.05, 3.63) is 34.9 Å². The van der Waals surface area contributed by atoms with Gasteiger partial charge in [-0.1, -0.05) is 29.3 Å². The monoisotopic (exact) mass is 195 g/mol. The summed E-state index contributed by atoms with van der Waals surface area (Å²) in [5.74, 6) is 0.755. The average Bonchev–Trinajstić information content (AvgIpc) is 2.03. The Kier molecular flexibility index (Phi) is 4.33. The number of aryl methyl sites for hydroxylation is 2. The summed E-state index contributed by atoms with van der Waals surface area (Å²) in [6, 6.07) is 6.69. The molecule has 0 aliphatic carbocycles. The molecule has 0 fully saturated rings. The van der Waals surface area contributed by atoms with E-state index in [0.29, 0.717) is 0 Å². The third kappa shape index (κ3) is 3.83. The fourth-order valence-corrected chi connectivity index (χ4v) is 1.68. The molecule has 1 N–H and O–H groups in total. The number of thiol groups is 1. The smallest absolute Gasteiger partial charge is 0.0387 e. The van der Waals surface area contributed by atoms with Gasteiger partial charge in [0.25, 0.3) is 0 Å². The van der Waals surface area contributed by atoms with Crippen molar-refractivity contribution in [2.24, 2.45) is 0 Å². The van der Waals surface area contributed by atoms with E-state index in [1.54, 1.807) is 0 Å². The molecule has 1 aromatic carbocycles. The lowest BCUT2D eigenvalue weighted by atomic mass is 10.1. The van der Waals surface area contributed by atoms with E-state index >= 15 is 0 Å². The zero-order chi connectivity index (χ0) is 9.68. The van der Waals surface area contributed by atoms with Crippen molar-refractivity contribution in [2.75, 3.05) is 12.4 Å². The standard InChI is InChI=1S/C11H17NS/c1-9-5-10(2)7-11(6-9)3-4-12-8-13/h5-7,12-13H,3-4,8H2,1-2H3. The van der Waals surface area contributed by atoms with Gasteiger partial charge in [0.1, 0.15) is 0 Å². The van der Waals surface area contributed by atoms with E-state index in [-0.39, 0.29) is 0 Å². The number of nitrogens with one attached hydrogen (secondary N) is 1. The van der Waals surface area contributed by atoms with Crippen molar-refractivity contribution in [2.45, 2.75) is 20.3 Å². The van der Waals surface area contributed by atoms with Gasteiger partial charge in [-0.2, -0.15) is 12.6 Å². The summed E-state index contributed by atoms with van der Waals surface area (Å²) in [6.45, 7) is 5.29. The Morgan fingerprint density at radius 3 is 2.31 bits per heavy atom. The molecular weight excluding hydrogens is 178 g/mol. The molecule has 0 amide bonds. The van der Waals surface area contributed by atoms with Gasteiger partial charge in [0.2, 0.25) is 0 Å². The van der Waals surface area contributed by atoms with Gasteiger partial charge in [0, 0.05) is 5.88 Å². The maximum Gasteiger partial charge on any atom is 0.0387 e. The Bertz CT molecular complexity index is 251. The molecule has 1 rings (SSSR count). The summed E-state index contributed by atoms with van der Waals surface area (Å²) in [7, 11) is 0. The fraction of sp³-hybridized carbons (Fsp3) is 0.455. The van der Waals surface area contributed by atoms with Crippen LogP contribution in [-0.2, 0) is 6.42 Å².